The first kappa shape index (κ1) is 11.1. The second kappa shape index (κ2) is 4.22. The summed E-state index contributed by atoms with van der Waals surface area (Å²) in [5, 5.41) is 0. The van der Waals surface area contributed by atoms with Gasteiger partial charge >= 0.3 is 0 Å². The van der Waals surface area contributed by atoms with Crippen LogP contribution in [0.3, 0.4) is 0 Å². The predicted octanol–water partition coefficient (Wildman–Crippen LogP) is 2.11. The van der Waals surface area contributed by atoms with E-state index in [1.165, 1.54) is 0 Å². The third-order valence-electron chi connectivity index (χ3n) is 2.54. The first-order valence-corrected chi connectivity index (χ1v) is 5.65. The number of fused-ring (bicyclic) bond motifs is 1. The van der Waals surface area contributed by atoms with E-state index in [0.29, 0.717) is 5.92 Å². The van der Waals surface area contributed by atoms with E-state index in [2.05, 4.69) is 28.4 Å². The number of hydrogen-bond acceptors (Lipinski definition) is 3. The molecule has 2 rings (SSSR count). The number of rotatable bonds is 3. The second-order valence-electron chi connectivity index (χ2n) is 4.63. The molecule has 0 fully saturated rings. The molecule has 1 atom stereocenters. The van der Waals surface area contributed by atoms with Gasteiger partial charge in [0.1, 0.15) is 11.3 Å². The van der Waals surface area contributed by atoms with Crippen LogP contribution in [0.4, 0.5) is 0 Å². The largest absolute Gasteiger partial charge is 0.326 e. The number of hydrogen-bond donors (Lipinski definition) is 1. The molecule has 2 heterocycles. The zero-order chi connectivity index (χ0) is 11.7. The predicted molar refractivity (Wildman–Crippen MR) is 65.0 cm³/mol. The molecule has 0 saturated heterocycles. The molecule has 0 aliphatic heterocycles. The van der Waals surface area contributed by atoms with E-state index >= 15 is 0 Å². The fraction of sp³-hybridized carbons (Fsp3) is 0.500. The molecule has 2 aromatic rings. The van der Waals surface area contributed by atoms with Gasteiger partial charge in [-0.1, -0.05) is 13.8 Å². The molecule has 0 unspecified atom stereocenters. The average molecular weight is 218 g/mol. The Kier molecular flexibility index (Phi) is 2.92. The van der Waals surface area contributed by atoms with Crippen molar-refractivity contribution in [2.75, 3.05) is 0 Å². The highest BCUT2D eigenvalue weighted by atomic mass is 15.1. The van der Waals surface area contributed by atoms with Crippen LogP contribution in [-0.2, 0) is 6.54 Å². The maximum absolute atomic E-state index is 5.95. The van der Waals surface area contributed by atoms with Crippen LogP contribution in [0.2, 0.25) is 0 Å². The summed E-state index contributed by atoms with van der Waals surface area (Å²) in [7, 11) is 0. The molecule has 0 bridgehead atoms. The van der Waals surface area contributed by atoms with Gasteiger partial charge in [0.2, 0.25) is 0 Å². The highest BCUT2D eigenvalue weighted by Gasteiger charge is 2.14. The maximum atomic E-state index is 5.95. The van der Waals surface area contributed by atoms with Crippen LogP contribution in [0.5, 0.6) is 0 Å². The fourth-order valence-electron chi connectivity index (χ4n) is 1.91. The third kappa shape index (κ3) is 1.93. The Morgan fingerprint density at radius 2 is 2.12 bits per heavy atom. The number of imidazole rings is 1. The molecule has 0 aromatic carbocycles. The molecule has 0 amide bonds. The lowest BCUT2D eigenvalue weighted by Crippen LogP contribution is -2.15. The van der Waals surface area contributed by atoms with Gasteiger partial charge in [-0.25, -0.2) is 4.98 Å². The van der Waals surface area contributed by atoms with E-state index in [0.717, 1.165) is 23.4 Å². The van der Waals surface area contributed by atoms with Crippen LogP contribution in [0.25, 0.3) is 11.0 Å². The summed E-state index contributed by atoms with van der Waals surface area (Å²) in [5.74, 6) is 1.51. The average Bonchev–Trinajstić information content (AvgIpc) is 2.57. The number of nitrogens with two attached hydrogens (primary N) is 1. The van der Waals surface area contributed by atoms with Crippen LogP contribution in [0, 0.1) is 5.92 Å². The van der Waals surface area contributed by atoms with Gasteiger partial charge in [-0.15, -0.1) is 0 Å². The number of nitrogens with zero attached hydrogens (tertiary/aromatic N) is 3. The van der Waals surface area contributed by atoms with Gasteiger partial charge in [0.15, 0.2) is 0 Å². The standard InChI is InChI=1S/C12H18N4/c1-8(2)7-16-11-4-5-14-6-10(11)15-12(16)9(3)13/h4-6,8-9H,7,13H2,1-3H3/t9-/m1/s1. The van der Waals surface area contributed by atoms with Crippen LogP contribution in [0.15, 0.2) is 18.5 Å². The molecule has 86 valence electrons. The molecule has 0 aliphatic rings. The van der Waals surface area contributed by atoms with Crippen molar-refractivity contribution in [1.29, 1.82) is 0 Å². The number of aromatic nitrogens is 3. The molecular weight excluding hydrogens is 200 g/mol. The molecule has 4 heteroatoms. The molecule has 0 aliphatic carbocycles. The summed E-state index contributed by atoms with van der Waals surface area (Å²) < 4.78 is 2.20. The summed E-state index contributed by atoms with van der Waals surface area (Å²) in [6.07, 6.45) is 3.59. The zero-order valence-corrected chi connectivity index (χ0v) is 10.0. The van der Waals surface area contributed by atoms with Crippen molar-refractivity contribution in [3.05, 3.63) is 24.3 Å². The van der Waals surface area contributed by atoms with Gasteiger partial charge in [0.05, 0.1) is 17.8 Å². The first-order valence-electron chi connectivity index (χ1n) is 5.65. The van der Waals surface area contributed by atoms with Crippen molar-refractivity contribution in [2.24, 2.45) is 11.7 Å². The van der Waals surface area contributed by atoms with E-state index in [1.807, 2.05) is 13.0 Å². The van der Waals surface area contributed by atoms with Gasteiger partial charge in [-0.3, -0.25) is 4.98 Å². The molecule has 16 heavy (non-hydrogen) atoms. The molecule has 0 spiro atoms. The van der Waals surface area contributed by atoms with Crippen molar-refractivity contribution in [2.45, 2.75) is 33.4 Å². The Morgan fingerprint density at radius 3 is 2.75 bits per heavy atom. The lowest BCUT2D eigenvalue weighted by molar-refractivity contribution is 0.505. The SMILES string of the molecule is CC(C)Cn1c([C@@H](C)N)nc2cnccc21. The smallest absolute Gasteiger partial charge is 0.126 e. The lowest BCUT2D eigenvalue weighted by atomic mass is 10.2. The molecule has 2 aromatic heterocycles. The van der Waals surface area contributed by atoms with E-state index in [1.54, 1.807) is 12.4 Å². The summed E-state index contributed by atoms with van der Waals surface area (Å²) in [6.45, 7) is 7.29. The summed E-state index contributed by atoms with van der Waals surface area (Å²) in [4.78, 5) is 8.63. The Labute approximate surface area is 95.5 Å². The summed E-state index contributed by atoms with van der Waals surface area (Å²) in [5.41, 5.74) is 8.00. The van der Waals surface area contributed by atoms with Crippen molar-refractivity contribution in [3.63, 3.8) is 0 Å². The maximum Gasteiger partial charge on any atom is 0.126 e. The Hall–Kier alpha value is -1.42. The second-order valence-corrected chi connectivity index (χ2v) is 4.63. The summed E-state index contributed by atoms with van der Waals surface area (Å²) >= 11 is 0. The fourth-order valence-corrected chi connectivity index (χ4v) is 1.91. The Bertz CT molecular complexity index is 485. The minimum absolute atomic E-state index is 0.0499. The Balaban J connectivity index is 2.60. The van der Waals surface area contributed by atoms with E-state index < -0.39 is 0 Å². The summed E-state index contributed by atoms with van der Waals surface area (Å²) in [6, 6.07) is 1.95. The van der Waals surface area contributed by atoms with Gasteiger partial charge in [0, 0.05) is 12.7 Å². The van der Waals surface area contributed by atoms with Crippen molar-refractivity contribution in [1.82, 2.24) is 14.5 Å². The van der Waals surface area contributed by atoms with E-state index in [9.17, 15) is 0 Å². The van der Waals surface area contributed by atoms with Gasteiger partial charge < -0.3 is 10.3 Å². The molecule has 4 nitrogen and oxygen atoms in total. The topological polar surface area (TPSA) is 56.7 Å². The molecular formula is C12H18N4. The van der Waals surface area contributed by atoms with Crippen LogP contribution < -0.4 is 5.73 Å². The van der Waals surface area contributed by atoms with Gasteiger partial charge in [0.25, 0.3) is 0 Å². The third-order valence-corrected chi connectivity index (χ3v) is 2.54. The van der Waals surface area contributed by atoms with Gasteiger partial charge in [-0.05, 0) is 18.9 Å². The quantitative estimate of drug-likeness (QED) is 0.858. The molecule has 0 radical (unpaired) electrons. The zero-order valence-electron chi connectivity index (χ0n) is 10.0. The highest BCUT2D eigenvalue weighted by Crippen LogP contribution is 2.20. The van der Waals surface area contributed by atoms with Gasteiger partial charge in [-0.2, -0.15) is 0 Å². The minimum Gasteiger partial charge on any atom is -0.326 e. The van der Waals surface area contributed by atoms with Crippen molar-refractivity contribution in [3.8, 4) is 0 Å². The lowest BCUT2D eigenvalue weighted by Gasteiger charge is -2.13. The normalized spacial score (nSPS) is 13.6. The monoisotopic (exact) mass is 218 g/mol. The number of pyridine rings is 1. The highest BCUT2D eigenvalue weighted by molar-refractivity contribution is 5.74. The van der Waals surface area contributed by atoms with Crippen LogP contribution in [-0.4, -0.2) is 14.5 Å². The minimum atomic E-state index is -0.0499. The van der Waals surface area contributed by atoms with E-state index in [-0.39, 0.29) is 6.04 Å². The van der Waals surface area contributed by atoms with E-state index in [4.69, 9.17) is 5.73 Å². The van der Waals surface area contributed by atoms with Crippen LogP contribution in [0.1, 0.15) is 32.6 Å². The first-order chi connectivity index (χ1) is 7.59. The van der Waals surface area contributed by atoms with Crippen molar-refractivity contribution < 1.29 is 0 Å². The van der Waals surface area contributed by atoms with Crippen molar-refractivity contribution >= 4 is 11.0 Å². The Morgan fingerprint density at radius 1 is 1.38 bits per heavy atom. The molecule has 0 saturated carbocycles. The van der Waals surface area contributed by atoms with Crippen LogP contribution >= 0.6 is 0 Å². The molecule has 2 N–H and O–H groups in total.